The van der Waals surface area contributed by atoms with Crippen LogP contribution >= 0.6 is 0 Å². The molecule has 0 unspecified atom stereocenters. The van der Waals surface area contributed by atoms with Gasteiger partial charge in [0.25, 0.3) is 0 Å². The largest absolute Gasteiger partial charge is 0.489 e. The van der Waals surface area contributed by atoms with Gasteiger partial charge in [-0.1, -0.05) is 61.6 Å². The number of hydrogen-bond acceptors (Lipinski definition) is 6. The number of nitrogens with zero attached hydrogens (tertiary/aromatic N) is 1. The van der Waals surface area contributed by atoms with Crippen LogP contribution in [0.3, 0.4) is 0 Å². The first-order valence-corrected chi connectivity index (χ1v) is 12.0. The van der Waals surface area contributed by atoms with E-state index in [0.29, 0.717) is 34.9 Å². The molecule has 8 heteroatoms. The number of rotatable bonds is 11. The predicted octanol–water partition coefficient (Wildman–Crippen LogP) is 3.83. The van der Waals surface area contributed by atoms with E-state index >= 15 is 0 Å². The highest BCUT2D eigenvalue weighted by molar-refractivity contribution is 7.88. The number of aliphatic imine (C=N–C) groups is 1. The minimum atomic E-state index is -3.64. The van der Waals surface area contributed by atoms with Crippen LogP contribution < -0.4 is 20.9 Å². The zero-order chi connectivity index (χ0) is 25.0. The van der Waals surface area contributed by atoms with Crippen LogP contribution in [0.15, 0.2) is 102 Å². The highest BCUT2D eigenvalue weighted by Gasteiger charge is 2.07. The lowest BCUT2D eigenvalue weighted by atomic mass is 10.1. The molecule has 0 saturated carbocycles. The Morgan fingerprint density at radius 1 is 1.26 bits per heavy atom. The molecule has 2 aromatic rings. The average Bonchev–Trinajstić information content (AvgIpc) is 2.78. The number of nitrogens with two attached hydrogens (primary N) is 2. The molecule has 7 nitrogen and oxygen atoms in total. The molecule has 5 N–H and O–H groups in total. The summed E-state index contributed by atoms with van der Waals surface area (Å²) < 4.78 is 28.6. The third kappa shape index (κ3) is 9.20. The van der Waals surface area contributed by atoms with Crippen molar-refractivity contribution in [1.29, 1.82) is 0 Å². The van der Waals surface area contributed by atoms with Crippen molar-refractivity contribution in [3.05, 3.63) is 108 Å². The molecule has 0 aliphatic rings. The van der Waals surface area contributed by atoms with Gasteiger partial charge in [0, 0.05) is 23.4 Å². The summed E-state index contributed by atoms with van der Waals surface area (Å²) in [5.74, 6) is 0.614. The van der Waals surface area contributed by atoms with Crippen LogP contribution in [-0.4, -0.2) is 20.7 Å². The molecule has 0 fully saturated rings. The molecular formula is C26H28N4O3S. The number of benzene rings is 2. The van der Waals surface area contributed by atoms with Gasteiger partial charge >= 0.3 is 0 Å². The maximum atomic E-state index is 11.3. The second kappa shape index (κ2) is 12.8. The molecule has 0 aliphatic carbocycles. The van der Waals surface area contributed by atoms with E-state index in [1.807, 2.05) is 49.4 Å². The maximum Gasteiger partial charge on any atom is 0.213 e. The highest BCUT2D eigenvalue weighted by Crippen LogP contribution is 2.17. The normalized spacial score (nSPS) is 12.9. The number of terminal acetylenes is 1. The molecule has 0 aromatic heterocycles. The molecule has 0 aliphatic heterocycles. The summed E-state index contributed by atoms with van der Waals surface area (Å²) in [6, 6.07) is 16.3. The Morgan fingerprint density at radius 2 is 2.03 bits per heavy atom. The highest BCUT2D eigenvalue weighted by atomic mass is 32.2. The number of ether oxygens (including phenoxy) is 1. The average molecular weight is 477 g/mol. The first kappa shape index (κ1) is 26.2. The third-order valence-corrected chi connectivity index (χ3v) is 5.10. The van der Waals surface area contributed by atoms with Crippen molar-refractivity contribution in [2.24, 2.45) is 15.9 Å². The van der Waals surface area contributed by atoms with Crippen molar-refractivity contribution in [1.82, 2.24) is 0 Å². The maximum absolute atomic E-state index is 11.3. The number of nitrogens with one attached hydrogen (secondary N) is 1. The number of primary sulfonamides is 1. The molecule has 0 saturated heterocycles. The Balaban J connectivity index is 2.21. The number of hydrogen-bond donors (Lipinski definition) is 3. The molecule has 0 spiro atoms. The molecule has 34 heavy (non-hydrogen) atoms. The fourth-order valence-corrected chi connectivity index (χ4v) is 3.52. The standard InChI is InChI=1S/C26H28N4O3S/c1-4-7-10-20(5-2)18-33-24-14-9-12-22(16-24)25(29-6-3)17-26(27)30-23-13-8-11-21(15-23)19-34(28,31)32/h3-5,7-17,30H,2,18-19,27H2,1H3,(H2,28,31,32)/b7-4-,20-10+,26-17+,29-25+. The second-order valence-electron chi connectivity index (χ2n) is 7.15. The minimum absolute atomic E-state index is 0.260. The van der Waals surface area contributed by atoms with Gasteiger partial charge in [-0.25, -0.2) is 13.6 Å². The van der Waals surface area contributed by atoms with E-state index in [1.165, 1.54) is 0 Å². The van der Waals surface area contributed by atoms with Crippen LogP contribution in [0.4, 0.5) is 5.69 Å². The topological polar surface area (TPSA) is 120 Å². The molecule has 2 rings (SSSR count). The smallest absolute Gasteiger partial charge is 0.213 e. The Morgan fingerprint density at radius 3 is 2.71 bits per heavy atom. The minimum Gasteiger partial charge on any atom is -0.489 e. The third-order valence-electron chi connectivity index (χ3n) is 4.36. The van der Waals surface area contributed by atoms with Gasteiger partial charge in [0.15, 0.2) is 0 Å². The number of anilines is 1. The first-order valence-electron chi connectivity index (χ1n) is 10.3. The Kier molecular flexibility index (Phi) is 9.90. The molecule has 0 bridgehead atoms. The molecule has 2 aromatic carbocycles. The van der Waals surface area contributed by atoms with Crippen molar-refractivity contribution >= 4 is 21.4 Å². The van der Waals surface area contributed by atoms with E-state index in [0.717, 1.165) is 5.57 Å². The summed E-state index contributed by atoms with van der Waals surface area (Å²) in [6.45, 7) is 6.09. The summed E-state index contributed by atoms with van der Waals surface area (Å²) in [5, 5.41) is 8.13. The lowest BCUT2D eigenvalue weighted by Crippen LogP contribution is -2.15. The molecule has 176 valence electrons. The Labute approximate surface area is 201 Å². The van der Waals surface area contributed by atoms with E-state index < -0.39 is 10.0 Å². The molecule has 0 heterocycles. The zero-order valence-electron chi connectivity index (χ0n) is 18.9. The van der Waals surface area contributed by atoms with Crippen LogP contribution in [-0.2, 0) is 15.8 Å². The van der Waals surface area contributed by atoms with E-state index in [-0.39, 0.29) is 11.6 Å². The zero-order valence-corrected chi connectivity index (χ0v) is 19.8. The van der Waals surface area contributed by atoms with E-state index in [9.17, 15) is 8.42 Å². The van der Waals surface area contributed by atoms with Gasteiger partial charge in [-0.2, -0.15) is 4.99 Å². The van der Waals surface area contributed by atoms with Crippen molar-refractivity contribution in [3.8, 4) is 18.2 Å². The molecule has 0 amide bonds. The molecular weight excluding hydrogens is 448 g/mol. The molecule has 0 atom stereocenters. The van der Waals surface area contributed by atoms with Crippen LogP contribution in [0.1, 0.15) is 18.1 Å². The summed E-state index contributed by atoms with van der Waals surface area (Å²) in [7, 11) is -3.64. The Hall–Kier alpha value is -4.06. The van der Waals surface area contributed by atoms with E-state index in [1.54, 1.807) is 36.4 Å². The summed E-state index contributed by atoms with van der Waals surface area (Å²) in [6.07, 6.45) is 14.5. The molecule has 0 radical (unpaired) electrons. The van der Waals surface area contributed by atoms with Gasteiger partial charge in [-0.3, -0.25) is 0 Å². The van der Waals surface area contributed by atoms with Crippen molar-refractivity contribution in [2.75, 3.05) is 11.9 Å². The summed E-state index contributed by atoms with van der Waals surface area (Å²) in [4.78, 5) is 4.10. The van der Waals surface area contributed by atoms with Crippen LogP contribution in [0.2, 0.25) is 0 Å². The first-order chi connectivity index (χ1) is 16.2. The lowest BCUT2D eigenvalue weighted by Gasteiger charge is -2.11. The van der Waals surface area contributed by atoms with Gasteiger partial charge in [0.2, 0.25) is 10.0 Å². The monoisotopic (exact) mass is 476 g/mol. The fraction of sp³-hybridized carbons (Fsp3) is 0.115. The van der Waals surface area contributed by atoms with Crippen LogP contribution in [0.25, 0.3) is 0 Å². The van der Waals surface area contributed by atoms with Gasteiger partial charge in [-0.05, 0) is 42.3 Å². The Bertz CT molecular complexity index is 1280. The van der Waals surface area contributed by atoms with Crippen LogP contribution in [0.5, 0.6) is 5.75 Å². The summed E-state index contributed by atoms with van der Waals surface area (Å²) in [5.41, 5.74) is 9.37. The van der Waals surface area contributed by atoms with E-state index in [4.69, 9.17) is 22.0 Å². The number of sulfonamides is 1. The predicted molar refractivity (Wildman–Crippen MR) is 140 cm³/mol. The van der Waals surface area contributed by atoms with E-state index in [2.05, 4.69) is 22.9 Å². The summed E-state index contributed by atoms with van der Waals surface area (Å²) >= 11 is 0. The quantitative estimate of drug-likeness (QED) is 0.259. The second-order valence-corrected chi connectivity index (χ2v) is 8.76. The van der Waals surface area contributed by atoms with Gasteiger partial charge in [0.05, 0.1) is 11.5 Å². The van der Waals surface area contributed by atoms with Gasteiger partial charge in [-0.15, -0.1) is 0 Å². The van der Waals surface area contributed by atoms with Crippen molar-refractivity contribution in [2.45, 2.75) is 12.7 Å². The lowest BCUT2D eigenvalue weighted by molar-refractivity contribution is 0.355. The van der Waals surface area contributed by atoms with Crippen molar-refractivity contribution < 1.29 is 13.2 Å². The SMILES string of the molecule is C#C/N=C(\C=C(/N)Nc1cccc(CS(N)(=O)=O)c1)c1cccc(OC/C(C=C)=C/C=C\C)c1. The van der Waals surface area contributed by atoms with Gasteiger partial charge in [0.1, 0.15) is 18.2 Å². The van der Waals surface area contributed by atoms with Crippen molar-refractivity contribution in [3.63, 3.8) is 0 Å². The number of allylic oxidation sites excluding steroid dienone is 4. The fourth-order valence-electron chi connectivity index (χ4n) is 2.88. The van der Waals surface area contributed by atoms with Crippen LogP contribution in [0, 0.1) is 12.5 Å². The van der Waals surface area contributed by atoms with Gasteiger partial charge < -0.3 is 15.8 Å².